The number of hydrogen-bond donors (Lipinski definition) is 0. The number of hydrogen-bond acceptors (Lipinski definition) is 0. The summed E-state index contributed by atoms with van der Waals surface area (Å²) in [5, 5.41) is 10.7. The fourth-order valence-corrected chi connectivity index (χ4v) is 14.2. The first-order valence-corrected chi connectivity index (χ1v) is 26.1. The molecule has 0 radical (unpaired) electrons. The minimum atomic E-state index is -0.492. The van der Waals surface area contributed by atoms with E-state index in [2.05, 4.69) is 258 Å². The van der Waals surface area contributed by atoms with Gasteiger partial charge in [-0.15, -0.1) is 0 Å². The van der Waals surface area contributed by atoms with Gasteiger partial charge in [0.25, 0.3) is 0 Å². The smallest absolute Gasteiger partial charge is 0.0725 e. The van der Waals surface area contributed by atoms with E-state index in [0.29, 0.717) is 0 Å². The van der Waals surface area contributed by atoms with Crippen molar-refractivity contribution in [1.29, 1.82) is 0 Å². The molecule has 0 fully saturated rings. The zero-order chi connectivity index (χ0) is 48.7. The van der Waals surface area contributed by atoms with Crippen molar-refractivity contribution in [3.8, 4) is 61.3 Å². The molecule has 73 heavy (non-hydrogen) atoms. The van der Waals surface area contributed by atoms with Gasteiger partial charge >= 0.3 is 0 Å². The molecule has 0 atom stereocenters. The highest BCUT2D eigenvalue weighted by Gasteiger charge is 2.52. The highest BCUT2D eigenvalue weighted by atomic mass is 15.0. The van der Waals surface area contributed by atoms with Crippen molar-refractivity contribution in [2.45, 2.75) is 50.9 Å². The zero-order valence-corrected chi connectivity index (χ0v) is 41.7. The van der Waals surface area contributed by atoms with Crippen LogP contribution in [0.2, 0.25) is 0 Å². The molecule has 16 rings (SSSR count). The van der Waals surface area contributed by atoms with Gasteiger partial charge in [0.2, 0.25) is 0 Å². The standard InChI is InChI=1S/C72H51N/c1-70(2,3)49-35-46-23-24-48-41-64-69(57-33-28-47(36-49)67(46)68(48)57)56-32-27-43(38-61(56)71(64,4)5)45-26-31-54-53-30-25-44(39-62(53)72(63(54)40-45)59-20-12-9-17-51(59)52-18-10-13-21-60(52)72)42-29-34-66-58(37-42)55-19-11-14-22-65(55)73(66)50-15-7-6-8-16-50/h6-41H,1-5H3. The highest BCUT2D eigenvalue weighted by molar-refractivity contribution is 6.27. The SMILES string of the molecule is CC(C)(C)c1cc2ccc3cc4c(c5ccc(c1)c2c35)-c1ccc(-c2ccc3c(c2)C2(c5ccccc5-c5ccccc52)c2cc(-c5ccc6c(c5)c5ccccc5n6-c5ccccc5)ccc2-3)cc1C4(C)C. The molecule has 1 heterocycles. The van der Waals surface area contributed by atoms with Gasteiger partial charge in [0.05, 0.1) is 16.4 Å². The van der Waals surface area contributed by atoms with Crippen molar-refractivity contribution in [2.75, 3.05) is 0 Å². The number of benzene rings is 12. The fraction of sp³-hybridized carbons (Fsp3) is 0.111. The Morgan fingerprint density at radius 3 is 1.51 bits per heavy atom. The highest BCUT2D eigenvalue weighted by Crippen LogP contribution is 2.64. The van der Waals surface area contributed by atoms with Gasteiger partial charge < -0.3 is 4.57 Å². The van der Waals surface area contributed by atoms with Gasteiger partial charge in [-0.25, -0.2) is 0 Å². The third-order valence-electron chi connectivity index (χ3n) is 17.7. The lowest BCUT2D eigenvalue weighted by molar-refractivity contribution is 0.591. The molecule has 0 amide bonds. The molecule has 1 nitrogen and oxygen atoms in total. The van der Waals surface area contributed by atoms with Gasteiger partial charge in [-0.1, -0.05) is 198 Å². The van der Waals surface area contributed by atoms with E-state index >= 15 is 0 Å². The predicted octanol–water partition coefficient (Wildman–Crippen LogP) is 19.0. The topological polar surface area (TPSA) is 4.93 Å². The van der Waals surface area contributed by atoms with E-state index in [1.54, 1.807) is 0 Å². The fourth-order valence-electron chi connectivity index (χ4n) is 14.2. The van der Waals surface area contributed by atoms with Crippen molar-refractivity contribution in [3.63, 3.8) is 0 Å². The summed E-state index contributed by atoms with van der Waals surface area (Å²) < 4.78 is 2.40. The first-order valence-electron chi connectivity index (χ1n) is 26.1. The second-order valence-corrected chi connectivity index (χ2v) is 22.8. The number of fused-ring (bicyclic) bond motifs is 17. The molecule has 1 spiro atoms. The molecule has 0 saturated carbocycles. The summed E-state index contributed by atoms with van der Waals surface area (Å²) in [7, 11) is 0. The van der Waals surface area contributed by atoms with Crippen molar-refractivity contribution < 1.29 is 0 Å². The maximum atomic E-state index is 2.55. The predicted molar refractivity (Wildman–Crippen MR) is 308 cm³/mol. The van der Waals surface area contributed by atoms with Gasteiger partial charge in [-0.05, 0) is 187 Å². The number of para-hydroxylation sites is 2. The maximum Gasteiger partial charge on any atom is 0.0725 e. The Labute approximate surface area is 426 Å². The van der Waals surface area contributed by atoms with E-state index in [4.69, 9.17) is 0 Å². The van der Waals surface area contributed by atoms with E-state index in [-0.39, 0.29) is 10.8 Å². The van der Waals surface area contributed by atoms with E-state index in [0.717, 1.165) is 0 Å². The third kappa shape index (κ3) is 5.31. The summed E-state index contributed by atoms with van der Waals surface area (Å²) in [5.41, 5.74) is 25.6. The van der Waals surface area contributed by atoms with Crippen molar-refractivity contribution in [1.82, 2.24) is 4.57 Å². The second-order valence-electron chi connectivity index (χ2n) is 22.8. The molecule has 3 aliphatic carbocycles. The molecular formula is C72H51N. The van der Waals surface area contributed by atoms with E-state index in [1.807, 2.05) is 0 Å². The van der Waals surface area contributed by atoms with Crippen LogP contribution >= 0.6 is 0 Å². The van der Waals surface area contributed by atoms with Crippen molar-refractivity contribution in [3.05, 3.63) is 257 Å². The average molecular weight is 930 g/mol. The largest absolute Gasteiger partial charge is 0.309 e. The Bertz CT molecular complexity index is 4490. The number of nitrogens with zero attached hydrogens (tertiary/aromatic N) is 1. The molecule has 1 aromatic heterocycles. The molecule has 12 aromatic carbocycles. The summed E-state index contributed by atoms with van der Waals surface area (Å²) in [4.78, 5) is 0. The molecule has 344 valence electrons. The van der Waals surface area contributed by atoms with Crippen molar-refractivity contribution >= 4 is 54.1 Å². The van der Waals surface area contributed by atoms with Crippen LogP contribution in [0.15, 0.2) is 218 Å². The van der Waals surface area contributed by atoms with Crippen LogP contribution in [-0.4, -0.2) is 4.57 Å². The Morgan fingerprint density at radius 1 is 0.342 bits per heavy atom. The summed E-state index contributed by atoms with van der Waals surface area (Å²) in [6, 6.07) is 83.9. The summed E-state index contributed by atoms with van der Waals surface area (Å²) in [6.07, 6.45) is 0. The molecule has 0 saturated heterocycles. The molecule has 0 aliphatic heterocycles. The normalized spacial score (nSPS) is 14.6. The summed E-state index contributed by atoms with van der Waals surface area (Å²) >= 11 is 0. The minimum absolute atomic E-state index is 0.0788. The van der Waals surface area contributed by atoms with Gasteiger partial charge in [-0.2, -0.15) is 0 Å². The Kier molecular flexibility index (Phi) is 7.96. The summed E-state index contributed by atoms with van der Waals surface area (Å²) in [5.74, 6) is 0. The lowest BCUT2D eigenvalue weighted by Crippen LogP contribution is -2.26. The van der Waals surface area contributed by atoms with Gasteiger partial charge in [0.1, 0.15) is 0 Å². The molecule has 1 heteroatoms. The van der Waals surface area contributed by atoms with Crippen LogP contribution in [0.3, 0.4) is 0 Å². The van der Waals surface area contributed by atoms with Gasteiger partial charge in [-0.3, -0.25) is 0 Å². The monoisotopic (exact) mass is 929 g/mol. The Balaban J connectivity index is 0.868. The lowest BCUT2D eigenvalue weighted by Gasteiger charge is -2.31. The first-order chi connectivity index (χ1) is 35.6. The lowest BCUT2D eigenvalue weighted by atomic mass is 9.70. The van der Waals surface area contributed by atoms with Crippen molar-refractivity contribution in [2.24, 2.45) is 0 Å². The van der Waals surface area contributed by atoms with E-state index in [9.17, 15) is 0 Å². The maximum absolute atomic E-state index is 2.55. The quantitative estimate of drug-likeness (QED) is 0.156. The van der Waals surface area contributed by atoms with Crippen LogP contribution in [0, 0.1) is 0 Å². The molecule has 0 unspecified atom stereocenters. The summed E-state index contributed by atoms with van der Waals surface area (Å²) in [6.45, 7) is 11.8. The minimum Gasteiger partial charge on any atom is -0.309 e. The Hall–Kier alpha value is -8.52. The van der Waals surface area contributed by atoms with Gasteiger partial charge in [0, 0.05) is 21.9 Å². The van der Waals surface area contributed by atoms with Gasteiger partial charge in [0.15, 0.2) is 0 Å². The third-order valence-corrected chi connectivity index (χ3v) is 17.7. The molecule has 0 N–H and O–H groups in total. The van der Waals surface area contributed by atoms with E-state index in [1.165, 1.54) is 154 Å². The number of aromatic nitrogens is 1. The van der Waals surface area contributed by atoms with Crippen LogP contribution in [0.25, 0.3) is 115 Å². The molecule has 13 aromatic rings. The zero-order valence-electron chi connectivity index (χ0n) is 41.7. The molecule has 3 aliphatic rings. The number of rotatable bonds is 3. The van der Waals surface area contributed by atoms with Crippen LogP contribution in [0.5, 0.6) is 0 Å². The molecular weight excluding hydrogens is 879 g/mol. The second kappa shape index (κ2) is 14.1. The molecule has 0 bridgehead atoms. The van der Waals surface area contributed by atoms with E-state index < -0.39 is 5.41 Å². The average Bonchev–Trinajstić information content (AvgIpc) is 4.14. The van der Waals surface area contributed by atoms with Crippen LogP contribution in [0.4, 0.5) is 0 Å². The first kappa shape index (κ1) is 41.1. The Morgan fingerprint density at radius 2 is 0.849 bits per heavy atom. The van der Waals surface area contributed by atoms with Crippen LogP contribution in [-0.2, 0) is 16.2 Å². The van der Waals surface area contributed by atoms with Crippen LogP contribution in [0.1, 0.15) is 73.6 Å². The van der Waals surface area contributed by atoms with Crippen LogP contribution < -0.4 is 0 Å².